The number of amides is 2. The zero-order chi connectivity index (χ0) is 43.0. The van der Waals surface area contributed by atoms with Crippen LogP contribution in [0.25, 0.3) is 0 Å². The molecule has 9 nitrogen and oxygen atoms in total. The SMILES string of the molecule is CC1(C)CC2(CCN(C(=O)OC(C(F)(F)F)C(F)(F)F)CC2)CN1.COc1ccc(CN2CC3(CCN(C(=O)OC(C(F)(F)F)C(F)(F)F)CC3)CC2(C)C)cc1.[CH3-].[Pd]. The molecule has 59 heavy (non-hydrogen) atoms. The van der Waals surface area contributed by atoms with E-state index in [9.17, 15) is 62.3 Å². The van der Waals surface area contributed by atoms with Gasteiger partial charge in [0.25, 0.3) is 12.2 Å². The number of likely N-dealkylation sites (tertiary alicyclic amines) is 3. The van der Waals surface area contributed by atoms with Crippen LogP contribution in [0, 0.1) is 18.3 Å². The molecular formula is C37H51F12N4O5Pd-. The second-order valence-electron chi connectivity index (χ2n) is 16.8. The number of methoxy groups -OCH3 is 1. The summed E-state index contributed by atoms with van der Waals surface area (Å²) >= 11 is 0. The zero-order valence-corrected chi connectivity index (χ0v) is 34.9. The van der Waals surface area contributed by atoms with Crippen molar-refractivity contribution in [1.29, 1.82) is 0 Å². The number of piperidine rings is 2. The van der Waals surface area contributed by atoms with Crippen molar-refractivity contribution in [2.75, 3.05) is 46.4 Å². The first-order valence-electron chi connectivity index (χ1n) is 18.2. The fraction of sp³-hybridized carbons (Fsp3) is 0.757. The number of benzene rings is 1. The molecule has 4 heterocycles. The van der Waals surface area contributed by atoms with Gasteiger partial charge in [-0.1, -0.05) is 12.1 Å². The van der Waals surface area contributed by atoms with Gasteiger partial charge in [0, 0.05) is 77.3 Å². The molecule has 0 bridgehead atoms. The maximum absolute atomic E-state index is 12.7. The third-order valence-electron chi connectivity index (χ3n) is 11.3. The summed E-state index contributed by atoms with van der Waals surface area (Å²) in [4.78, 5) is 28.0. The van der Waals surface area contributed by atoms with Crippen molar-refractivity contribution in [2.45, 2.75) is 121 Å². The van der Waals surface area contributed by atoms with E-state index < -0.39 is 49.1 Å². The average molecular weight is 966 g/mol. The molecule has 344 valence electrons. The Bertz CT molecular complexity index is 1510. The van der Waals surface area contributed by atoms with Crippen molar-refractivity contribution in [1.82, 2.24) is 20.0 Å². The second-order valence-corrected chi connectivity index (χ2v) is 16.8. The summed E-state index contributed by atoms with van der Waals surface area (Å²) in [5.74, 6) is 0.758. The molecular weight excluding hydrogens is 915 g/mol. The normalized spacial score (nSPS) is 21.4. The number of nitrogens with zero attached hydrogens (tertiary/aromatic N) is 3. The summed E-state index contributed by atoms with van der Waals surface area (Å²) in [5.41, 5.74) is 0.640. The van der Waals surface area contributed by atoms with Crippen LogP contribution in [-0.2, 0) is 36.4 Å². The monoisotopic (exact) mass is 965 g/mol. The zero-order valence-electron chi connectivity index (χ0n) is 33.4. The largest absolute Gasteiger partial charge is 0.497 e. The third-order valence-corrected chi connectivity index (χ3v) is 11.3. The fourth-order valence-corrected chi connectivity index (χ4v) is 8.42. The van der Waals surface area contributed by atoms with Gasteiger partial charge in [-0.05, 0) is 94.7 Å². The Morgan fingerprint density at radius 3 is 1.41 bits per heavy atom. The van der Waals surface area contributed by atoms with Crippen LogP contribution in [0.1, 0.15) is 71.8 Å². The quantitative estimate of drug-likeness (QED) is 0.179. The topological polar surface area (TPSA) is 83.6 Å². The van der Waals surface area contributed by atoms with E-state index in [4.69, 9.17) is 4.74 Å². The van der Waals surface area contributed by atoms with Crippen LogP contribution in [-0.4, -0.2) is 121 Å². The first-order valence-corrected chi connectivity index (χ1v) is 18.2. The van der Waals surface area contributed by atoms with E-state index >= 15 is 0 Å². The predicted molar refractivity (Wildman–Crippen MR) is 186 cm³/mol. The Kier molecular flexibility index (Phi) is 16.6. The molecule has 0 unspecified atom stereocenters. The Hall–Kier alpha value is -2.70. The van der Waals surface area contributed by atoms with Crippen molar-refractivity contribution < 1.29 is 96.9 Å². The second kappa shape index (κ2) is 18.7. The molecule has 0 atom stereocenters. The van der Waals surface area contributed by atoms with E-state index in [1.54, 1.807) is 7.11 Å². The Morgan fingerprint density at radius 2 is 1.07 bits per heavy atom. The van der Waals surface area contributed by atoms with Gasteiger partial charge in [0.15, 0.2) is 0 Å². The molecule has 0 saturated carbocycles. The summed E-state index contributed by atoms with van der Waals surface area (Å²) in [7, 11) is 1.59. The molecule has 1 aromatic carbocycles. The van der Waals surface area contributed by atoms with Gasteiger partial charge in [0.05, 0.1) is 7.11 Å². The minimum Gasteiger partial charge on any atom is -0.497 e. The minimum absolute atomic E-state index is 0. The number of carbonyl (C=O) groups is 2. The maximum atomic E-state index is 12.7. The molecule has 0 aromatic heterocycles. The number of rotatable bonds is 5. The van der Waals surface area contributed by atoms with Gasteiger partial charge in [-0.15, -0.1) is 0 Å². The molecule has 2 amide bonds. The first kappa shape index (κ1) is 52.4. The molecule has 1 N–H and O–H groups in total. The third kappa shape index (κ3) is 13.6. The number of halogens is 12. The number of alkyl halides is 12. The van der Waals surface area contributed by atoms with Crippen LogP contribution in [0.5, 0.6) is 5.75 Å². The van der Waals surface area contributed by atoms with Crippen LogP contribution in [0.15, 0.2) is 24.3 Å². The summed E-state index contributed by atoms with van der Waals surface area (Å²) in [6.45, 7) is 10.7. The number of hydrogen-bond acceptors (Lipinski definition) is 7. The summed E-state index contributed by atoms with van der Waals surface area (Å²) in [6, 6.07) is 7.73. The van der Waals surface area contributed by atoms with E-state index in [0.29, 0.717) is 32.2 Å². The van der Waals surface area contributed by atoms with Crippen molar-refractivity contribution in [2.24, 2.45) is 10.8 Å². The van der Waals surface area contributed by atoms with Crippen molar-refractivity contribution in [3.8, 4) is 5.75 Å². The van der Waals surface area contributed by atoms with Gasteiger partial charge < -0.3 is 36.8 Å². The molecule has 1 aromatic rings. The number of ether oxygens (including phenoxy) is 3. The first-order chi connectivity index (χ1) is 25.9. The van der Waals surface area contributed by atoms with Crippen molar-refractivity contribution in [3.63, 3.8) is 0 Å². The van der Waals surface area contributed by atoms with Crippen LogP contribution in [0.2, 0.25) is 0 Å². The van der Waals surface area contributed by atoms with E-state index in [1.807, 2.05) is 38.1 Å². The van der Waals surface area contributed by atoms with Crippen molar-refractivity contribution in [3.05, 3.63) is 37.3 Å². The Morgan fingerprint density at radius 1 is 0.678 bits per heavy atom. The molecule has 5 rings (SSSR count). The van der Waals surface area contributed by atoms with Crippen molar-refractivity contribution >= 4 is 12.2 Å². The van der Waals surface area contributed by atoms with Crippen LogP contribution in [0.4, 0.5) is 62.3 Å². The Balaban J connectivity index is 0.000000412. The van der Waals surface area contributed by atoms with E-state index in [2.05, 4.69) is 33.5 Å². The fourth-order valence-electron chi connectivity index (χ4n) is 8.42. The molecule has 2 spiro atoms. The van der Waals surface area contributed by atoms with Crippen LogP contribution >= 0.6 is 0 Å². The number of carbonyl (C=O) groups excluding carboxylic acids is 2. The molecule has 0 radical (unpaired) electrons. The van der Waals surface area contributed by atoms with Gasteiger partial charge in [-0.25, -0.2) is 9.59 Å². The standard InChI is InChI=1S/C22H28F6N2O3.C14H20F6N2O2.CH3.Pd/c1-19(2)13-20(14-30(19)12-15-4-6-16(32-3)7-5-15)8-10-29(11-9-20)18(31)33-17(21(23,24)25)22(26,27)28;1-11(2)7-12(8-21-11)3-5-22(6-4-12)10(23)24-9(13(15,16)17)14(18,19)20;;/h4-7,17H,8-14H2,1-3H3;9,21H,3-8H2,1-2H3;1H3;/q;;-1;. The predicted octanol–water partition coefficient (Wildman–Crippen LogP) is 9.31. The van der Waals surface area contributed by atoms with Crippen LogP contribution in [0.3, 0.4) is 0 Å². The average Bonchev–Trinajstić information content (AvgIpc) is 3.50. The van der Waals surface area contributed by atoms with E-state index in [-0.39, 0.29) is 75.9 Å². The van der Waals surface area contributed by atoms with Gasteiger partial charge >= 0.3 is 36.9 Å². The Labute approximate surface area is 349 Å². The molecule has 4 fully saturated rings. The maximum Gasteiger partial charge on any atom is 0.434 e. The van der Waals surface area contributed by atoms with Gasteiger partial charge in [-0.3, -0.25) is 4.90 Å². The molecule has 4 aliphatic rings. The number of nitrogens with one attached hydrogen (secondary N) is 1. The van der Waals surface area contributed by atoms with E-state index in [1.165, 1.54) is 0 Å². The van der Waals surface area contributed by atoms with E-state index in [0.717, 1.165) is 47.0 Å². The molecule has 0 aliphatic carbocycles. The minimum atomic E-state index is -5.72. The summed E-state index contributed by atoms with van der Waals surface area (Å²) < 4.78 is 164. The van der Waals surface area contributed by atoms with Gasteiger partial charge in [-0.2, -0.15) is 52.7 Å². The molecule has 22 heteroatoms. The molecule has 4 saturated heterocycles. The van der Waals surface area contributed by atoms with Crippen LogP contribution < -0.4 is 10.1 Å². The van der Waals surface area contributed by atoms with Gasteiger partial charge in [0.2, 0.25) is 0 Å². The summed E-state index contributed by atoms with van der Waals surface area (Å²) in [6.07, 6.45) is -30.6. The summed E-state index contributed by atoms with van der Waals surface area (Å²) in [5, 5.41) is 3.34. The van der Waals surface area contributed by atoms with Gasteiger partial charge in [0.1, 0.15) is 5.75 Å². The number of hydrogen-bond donors (Lipinski definition) is 1. The smallest absolute Gasteiger partial charge is 0.434 e. The molecule has 4 aliphatic heterocycles.